The van der Waals surface area contributed by atoms with E-state index in [-0.39, 0.29) is 0 Å². The quantitative estimate of drug-likeness (QED) is 0.474. The van der Waals surface area contributed by atoms with Crippen molar-refractivity contribution >= 4 is 0 Å². The molecule has 1 heterocycles. The first-order chi connectivity index (χ1) is 4.88. The van der Waals surface area contributed by atoms with E-state index >= 15 is 0 Å². The molecule has 3 nitrogen and oxygen atoms in total. The normalized spacial score (nSPS) is 19.0. The van der Waals surface area contributed by atoms with Crippen molar-refractivity contribution in [2.45, 2.75) is 6.42 Å². The highest BCUT2D eigenvalue weighted by Gasteiger charge is 2.09. The van der Waals surface area contributed by atoms with E-state index in [4.69, 9.17) is 0 Å². The maximum Gasteiger partial charge on any atom is 0.0644 e. The van der Waals surface area contributed by atoms with Crippen molar-refractivity contribution in [3.8, 4) is 0 Å². The summed E-state index contributed by atoms with van der Waals surface area (Å²) in [4.78, 5) is 0. The Labute approximate surface area is 59.6 Å². The molecule has 0 aromatic carbocycles. The molecule has 1 aliphatic heterocycles. The Balaban J connectivity index is 2.63. The van der Waals surface area contributed by atoms with Crippen LogP contribution in [0.15, 0.2) is 11.4 Å². The molecular formula is C6H12FN3. The molecule has 0 radical (unpaired) electrons. The van der Waals surface area contributed by atoms with Gasteiger partial charge in [-0.05, 0) is 0 Å². The molecular weight excluding hydrogens is 133 g/mol. The zero-order chi connectivity index (χ0) is 7.40. The van der Waals surface area contributed by atoms with Gasteiger partial charge in [-0.3, -0.25) is 0 Å². The maximum atomic E-state index is 11.9. The number of rotatable bonds is 2. The smallest absolute Gasteiger partial charge is 0.0644 e. The number of hydrogen-bond donors (Lipinski definition) is 3. The van der Waals surface area contributed by atoms with Crippen molar-refractivity contribution in [3.63, 3.8) is 0 Å². The van der Waals surface area contributed by atoms with Gasteiger partial charge in [0.05, 0.1) is 5.70 Å². The fourth-order valence-corrected chi connectivity index (χ4v) is 1.03. The van der Waals surface area contributed by atoms with Crippen LogP contribution in [0.1, 0.15) is 6.42 Å². The molecule has 1 rings (SSSR count). The molecule has 0 unspecified atom stereocenters. The molecule has 1 aliphatic rings. The molecule has 0 amide bonds. The van der Waals surface area contributed by atoms with Gasteiger partial charge in [0.1, 0.15) is 0 Å². The molecule has 58 valence electrons. The summed E-state index contributed by atoms with van der Waals surface area (Å²) in [7, 11) is 1.79. The van der Waals surface area contributed by atoms with Gasteiger partial charge in [-0.2, -0.15) is 0 Å². The summed E-state index contributed by atoms with van der Waals surface area (Å²) in [5.74, 6) is 0. The first-order valence-electron chi connectivity index (χ1n) is 3.35. The van der Waals surface area contributed by atoms with E-state index in [1.54, 1.807) is 12.6 Å². The number of hydrogen-bond acceptors (Lipinski definition) is 3. The van der Waals surface area contributed by atoms with E-state index in [1.165, 1.54) is 0 Å². The molecule has 0 saturated heterocycles. The summed E-state index contributed by atoms with van der Waals surface area (Å²) >= 11 is 0. The largest absolute Gasteiger partial charge is 0.389 e. The summed E-state index contributed by atoms with van der Waals surface area (Å²) < 4.78 is 11.9. The Bertz CT molecular complexity index is 128. The number of nitrogens with one attached hydrogen (secondary N) is 3. The summed E-state index contributed by atoms with van der Waals surface area (Å²) in [5.41, 5.74) is 3.26. The average Bonchev–Trinajstić information content (AvgIpc) is 2.04. The second-order valence-corrected chi connectivity index (χ2v) is 2.23. The van der Waals surface area contributed by atoms with Gasteiger partial charge in [0.15, 0.2) is 0 Å². The standard InChI is InChI=1S/C6H12FN3/c1-8-6-4-9-3-2-5(6)10-7/h8-10H,2-4H2,1H3. The third-order valence-electron chi connectivity index (χ3n) is 1.63. The van der Waals surface area contributed by atoms with Gasteiger partial charge in [0, 0.05) is 32.3 Å². The van der Waals surface area contributed by atoms with Crippen molar-refractivity contribution in [1.29, 1.82) is 0 Å². The van der Waals surface area contributed by atoms with Gasteiger partial charge >= 0.3 is 0 Å². The second kappa shape index (κ2) is 3.41. The van der Waals surface area contributed by atoms with E-state index in [1.807, 2.05) is 0 Å². The Kier molecular flexibility index (Phi) is 2.50. The number of halogens is 1. The van der Waals surface area contributed by atoms with Gasteiger partial charge in [-0.1, -0.05) is 0 Å². The van der Waals surface area contributed by atoms with Crippen LogP contribution in [-0.2, 0) is 0 Å². The first kappa shape index (κ1) is 7.34. The van der Waals surface area contributed by atoms with E-state index in [9.17, 15) is 4.48 Å². The van der Waals surface area contributed by atoms with Gasteiger partial charge < -0.3 is 10.6 Å². The molecule has 0 aliphatic carbocycles. The molecule has 4 heteroatoms. The third-order valence-corrected chi connectivity index (χ3v) is 1.63. The minimum absolute atomic E-state index is 0.668. The topological polar surface area (TPSA) is 36.1 Å². The Morgan fingerprint density at radius 2 is 2.30 bits per heavy atom. The summed E-state index contributed by atoms with van der Waals surface area (Å²) in [6, 6.07) is 0. The van der Waals surface area contributed by atoms with E-state index in [0.29, 0.717) is 5.70 Å². The van der Waals surface area contributed by atoms with Crippen molar-refractivity contribution in [1.82, 2.24) is 16.2 Å². The molecule has 0 aromatic rings. The van der Waals surface area contributed by atoms with E-state index in [0.717, 1.165) is 25.2 Å². The maximum absolute atomic E-state index is 11.9. The zero-order valence-corrected chi connectivity index (χ0v) is 6.00. The molecule has 3 N–H and O–H groups in total. The molecule has 0 atom stereocenters. The van der Waals surface area contributed by atoms with Gasteiger partial charge in [-0.25, -0.2) is 5.54 Å². The minimum atomic E-state index is 0.668. The van der Waals surface area contributed by atoms with E-state index in [2.05, 4.69) is 10.6 Å². The van der Waals surface area contributed by atoms with Crippen LogP contribution in [-0.4, -0.2) is 20.1 Å². The highest BCUT2D eigenvalue weighted by atomic mass is 19.2. The van der Waals surface area contributed by atoms with Crippen LogP contribution in [0.4, 0.5) is 4.48 Å². The first-order valence-corrected chi connectivity index (χ1v) is 3.35. The summed E-state index contributed by atoms with van der Waals surface area (Å²) in [6.45, 7) is 1.57. The van der Waals surface area contributed by atoms with Crippen molar-refractivity contribution < 1.29 is 4.48 Å². The SMILES string of the molecule is CNC1=C(NF)CCNC1. The predicted molar refractivity (Wildman–Crippen MR) is 37.8 cm³/mol. The Hall–Kier alpha value is -0.770. The summed E-state index contributed by atoms with van der Waals surface area (Å²) in [6.07, 6.45) is 0.729. The van der Waals surface area contributed by atoms with Crippen LogP contribution >= 0.6 is 0 Å². The Morgan fingerprint density at radius 1 is 1.50 bits per heavy atom. The fraction of sp³-hybridized carbons (Fsp3) is 0.667. The molecule has 0 saturated carbocycles. The van der Waals surface area contributed by atoms with Gasteiger partial charge in [0.2, 0.25) is 0 Å². The molecule has 0 fully saturated rings. The van der Waals surface area contributed by atoms with Crippen LogP contribution in [0.5, 0.6) is 0 Å². The lowest BCUT2D eigenvalue weighted by molar-refractivity contribution is 0.363. The Morgan fingerprint density at radius 3 is 2.80 bits per heavy atom. The third kappa shape index (κ3) is 1.39. The molecule has 0 aromatic heterocycles. The molecule has 10 heavy (non-hydrogen) atoms. The molecule has 0 spiro atoms. The lowest BCUT2D eigenvalue weighted by Gasteiger charge is -2.18. The summed E-state index contributed by atoms with van der Waals surface area (Å²) in [5, 5.41) is 6.04. The predicted octanol–water partition coefficient (Wildman–Crippen LogP) is -0.115. The van der Waals surface area contributed by atoms with Crippen molar-refractivity contribution in [2.75, 3.05) is 20.1 Å². The van der Waals surface area contributed by atoms with Crippen molar-refractivity contribution in [2.24, 2.45) is 0 Å². The van der Waals surface area contributed by atoms with Crippen LogP contribution in [0.25, 0.3) is 0 Å². The van der Waals surface area contributed by atoms with Crippen molar-refractivity contribution in [3.05, 3.63) is 11.4 Å². The highest BCUT2D eigenvalue weighted by molar-refractivity contribution is 5.13. The number of likely N-dealkylation sites (N-methyl/N-ethyl adjacent to an activating group) is 1. The molecule has 0 bridgehead atoms. The van der Waals surface area contributed by atoms with E-state index < -0.39 is 0 Å². The highest BCUT2D eigenvalue weighted by Crippen LogP contribution is 2.05. The van der Waals surface area contributed by atoms with Crippen LogP contribution in [0.3, 0.4) is 0 Å². The second-order valence-electron chi connectivity index (χ2n) is 2.23. The van der Waals surface area contributed by atoms with Gasteiger partial charge in [0.25, 0.3) is 0 Å². The lowest BCUT2D eigenvalue weighted by atomic mass is 10.2. The zero-order valence-electron chi connectivity index (χ0n) is 6.00. The van der Waals surface area contributed by atoms with Crippen LogP contribution in [0.2, 0.25) is 0 Å². The van der Waals surface area contributed by atoms with Crippen LogP contribution < -0.4 is 16.2 Å². The lowest BCUT2D eigenvalue weighted by Crippen LogP contribution is -2.33. The fourth-order valence-electron chi connectivity index (χ4n) is 1.03. The monoisotopic (exact) mass is 145 g/mol. The van der Waals surface area contributed by atoms with Gasteiger partial charge in [-0.15, -0.1) is 4.48 Å². The minimum Gasteiger partial charge on any atom is -0.389 e. The van der Waals surface area contributed by atoms with Crippen LogP contribution in [0, 0.1) is 0 Å². The average molecular weight is 145 g/mol.